The first-order valence-electron chi connectivity index (χ1n) is 7.85. The summed E-state index contributed by atoms with van der Waals surface area (Å²) in [5.74, 6) is -0.0632. The molecule has 0 saturated carbocycles. The molecule has 0 radical (unpaired) electrons. The van der Waals surface area contributed by atoms with Gasteiger partial charge in [-0.1, -0.05) is 27.7 Å². The van der Waals surface area contributed by atoms with Crippen LogP contribution in [0, 0.1) is 5.92 Å². The molecule has 0 aliphatic carbocycles. The van der Waals surface area contributed by atoms with E-state index in [1.54, 1.807) is 46.8 Å². The Morgan fingerprint density at radius 3 is 2.30 bits per heavy atom. The van der Waals surface area contributed by atoms with Gasteiger partial charge in [-0.3, -0.25) is 4.79 Å². The summed E-state index contributed by atoms with van der Waals surface area (Å²) in [6.07, 6.45) is 0. The van der Waals surface area contributed by atoms with E-state index in [0.717, 1.165) is 0 Å². The molecule has 0 unspecified atom stereocenters. The fourth-order valence-corrected chi connectivity index (χ4v) is 3.67. The molecule has 23 heavy (non-hydrogen) atoms. The average Bonchev–Trinajstić information content (AvgIpc) is 2.49. The third-order valence-corrected chi connectivity index (χ3v) is 5.43. The minimum Gasteiger partial charge on any atom is -0.492 e. The van der Waals surface area contributed by atoms with Gasteiger partial charge in [-0.15, -0.1) is 0 Å². The topological polar surface area (TPSA) is 75.7 Å². The minimum atomic E-state index is -3.68. The maximum absolute atomic E-state index is 12.8. The van der Waals surface area contributed by atoms with Crippen molar-refractivity contribution < 1.29 is 17.9 Å². The summed E-state index contributed by atoms with van der Waals surface area (Å²) in [4.78, 5) is 11.9. The van der Waals surface area contributed by atoms with Crippen molar-refractivity contribution in [3.05, 3.63) is 18.2 Å². The predicted octanol–water partition coefficient (Wildman–Crippen LogP) is 2.71. The number of amides is 1. The highest BCUT2D eigenvalue weighted by atomic mass is 32.2. The molecule has 0 heterocycles. The summed E-state index contributed by atoms with van der Waals surface area (Å²) in [5, 5.41) is 2.72. The van der Waals surface area contributed by atoms with E-state index in [4.69, 9.17) is 4.74 Å². The third-order valence-electron chi connectivity index (χ3n) is 3.36. The van der Waals surface area contributed by atoms with Gasteiger partial charge in [-0.2, -0.15) is 4.31 Å². The number of rotatable bonds is 8. The van der Waals surface area contributed by atoms with Crippen molar-refractivity contribution in [2.45, 2.75) is 39.5 Å². The van der Waals surface area contributed by atoms with Crippen LogP contribution in [0.15, 0.2) is 23.1 Å². The van der Waals surface area contributed by atoms with E-state index in [-0.39, 0.29) is 16.7 Å². The summed E-state index contributed by atoms with van der Waals surface area (Å²) in [6, 6.07) is 4.68. The number of anilines is 1. The average molecular weight is 342 g/mol. The Morgan fingerprint density at radius 1 is 1.22 bits per heavy atom. The van der Waals surface area contributed by atoms with Crippen molar-refractivity contribution in [1.82, 2.24) is 4.31 Å². The van der Waals surface area contributed by atoms with Crippen LogP contribution in [0.3, 0.4) is 0 Å². The zero-order chi connectivity index (χ0) is 17.6. The first-order chi connectivity index (χ1) is 10.8. The maximum atomic E-state index is 12.8. The monoisotopic (exact) mass is 342 g/mol. The predicted molar refractivity (Wildman–Crippen MR) is 91.2 cm³/mol. The van der Waals surface area contributed by atoms with Gasteiger partial charge >= 0.3 is 0 Å². The molecule has 0 fully saturated rings. The molecule has 6 nitrogen and oxygen atoms in total. The summed E-state index contributed by atoms with van der Waals surface area (Å²) in [5.41, 5.74) is 0.442. The smallest absolute Gasteiger partial charge is 0.246 e. The Balaban J connectivity index is 3.33. The fraction of sp³-hybridized carbons (Fsp3) is 0.562. The van der Waals surface area contributed by atoms with E-state index >= 15 is 0 Å². The van der Waals surface area contributed by atoms with Crippen LogP contribution in [-0.2, 0) is 14.8 Å². The lowest BCUT2D eigenvalue weighted by molar-refractivity contribution is -0.118. The van der Waals surface area contributed by atoms with Gasteiger partial charge in [0.25, 0.3) is 0 Å². The SMILES string of the molecule is CCOc1ccc(NC(=O)C(C)C)cc1S(=O)(=O)N(CC)CC. The largest absolute Gasteiger partial charge is 0.492 e. The normalized spacial score (nSPS) is 11.8. The molecule has 0 aliphatic rings. The van der Waals surface area contributed by atoms with Crippen LogP contribution in [0.25, 0.3) is 0 Å². The molecule has 0 saturated heterocycles. The fourth-order valence-electron chi connectivity index (χ4n) is 2.05. The molecule has 0 spiro atoms. The van der Waals surface area contributed by atoms with Crippen LogP contribution in [-0.4, -0.2) is 38.3 Å². The molecule has 1 amide bonds. The second-order valence-electron chi connectivity index (χ2n) is 5.33. The van der Waals surface area contributed by atoms with E-state index in [1.165, 1.54) is 10.4 Å². The Kier molecular flexibility index (Phi) is 7.02. The van der Waals surface area contributed by atoms with Gasteiger partial charge in [0.2, 0.25) is 15.9 Å². The van der Waals surface area contributed by atoms with E-state index in [2.05, 4.69) is 5.32 Å². The lowest BCUT2D eigenvalue weighted by Gasteiger charge is -2.21. The Labute approximate surface area is 138 Å². The summed E-state index contributed by atoms with van der Waals surface area (Å²) in [7, 11) is -3.68. The first kappa shape index (κ1) is 19.4. The zero-order valence-electron chi connectivity index (χ0n) is 14.4. The molecule has 1 aromatic carbocycles. The summed E-state index contributed by atoms with van der Waals surface area (Å²) < 4.78 is 32.4. The molecule has 7 heteroatoms. The Hall–Kier alpha value is -1.60. The molecule has 1 aromatic rings. The number of carbonyl (C=O) groups is 1. The van der Waals surface area contributed by atoms with E-state index in [9.17, 15) is 13.2 Å². The van der Waals surface area contributed by atoms with Crippen LogP contribution in [0.2, 0.25) is 0 Å². The number of benzene rings is 1. The Morgan fingerprint density at radius 2 is 1.83 bits per heavy atom. The van der Waals surface area contributed by atoms with Gasteiger partial charge in [0.1, 0.15) is 10.6 Å². The molecule has 0 aliphatic heterocycles. The maximum Gasteiger partial charge on any atom is 0.246 e. The second kappa shape index (κ2) is 8.31. The van der Waals surface area contributed by atoms with Crippen LogP contribution >= 0.6 is 0 Å². The van der Waals surface area contributed by atoms with E-state index < -0.39 is 10.0 Å². The lowest BCUT2D eigenvalue weighted by atomic mass is 10.2. The standard InChI is InChI=1S/C16H26N2O4S/c1-6-18(7-2)23(20,21)15-11-13(17-16(19)12(4)5)9-10-14(15)22-8-3/h9-12H,6-8H2,1-5H3,(H,17,19). The molecular weight excluding hydrogens is 316 g/mol. The van der Waals surface area contributed by atoms with Gasteiger partial charge < -0.3 is 10.1 Å². The summed E-state index contributed by atoms with van der Waals surface area (Å²) >= 11 is 0. The first-order valence-corrected chi connectivity index (χ1v) is 9.29. The quantitative estimate of drug-likeness (QED) is 0.788. The zero-order valence-corrected chi connectivity index (χ0v) is 15.2. The van der Waals surface area contributed by atoms with Gasteiger partial charge in [-0.05, 0) is 25.1 Å². The van der Waals surface area contributed by atoms with Crippen molar-refractivity contribution in [2.24, 2.45) is 5.92 Å². The highest BCUT2D eigenvalue weighted by Gasteiger charge is 2.26. The van der Waals surface area contributed by atoms with Crippen molar-refractivity contribution in [2.75, 3.05) is 25.0 Å². The second-order valence-corrected chi connectivity index (χ2v) is 7.23. The van der Waals surface area contributed by atoms with E-state index in [0.29, 0.717) is 31.1 Å². The van der Waals surface area contributed by atoms with Gasteiger partial charge in [0, 0.05) is 24.7 Å². The van der Waals surface area contributed by atoms with Crippen molar-refractivity contribution in [1.29, 1.82) is 0 Å². The van der Waals surface area contributed by atoms with Crippen molar-refractivity contribution >= 4 is 21.6 Å². The third kappa shape index (κ3) is 4.68. The molecular formula is C16H26N2O4S. The highest BCUT2D eigenvalue weighted by Crippen LogP contribution is 2.30. The number of nitrogens with one attached hydrogen (secondary N) is 1. The number of carbonyl (C=O) groups excluding carboxylic acids is 1. The number of nitrogens with zero attached hydrogens (tertiary/aromatic N) is 1. The van der Waals surface area contributed by atoms with Gasteiger partial charge in [0.15, 0.2) is 0 Å². The van der Waals surface area contributed by atoms with Gasteiger partial charge in [-0.25, -0.2) is 8.42 Å². The molecule has 1 N–H and O–H groups in total. The van der Waals surface area contributed by atoms with Crippen LogP contribution < -0.4 is 10.1 Å². The number of ether oxygens (including phenoxy) is 1. The molecule has 0 atom stereocenters. The van der Waals surface area contributed by atoms with Crippen LogP contribution in [0.1, 0.15) is 34.6 Å². The highest BCUT2D eigenvalue weighted by molar-refractivity contribution is 7.89. The molecule has 1 rings (SSSR count). The van der Waals surface area contributed by atoms with Crippen molar-refractivity contribution in [3.8, 4) is 5.75 Å². The Bertz CT molecular complexity index is 637. The van der Waals surface area contributed by atoms with Gasteiger partial charge in [0.05, 0.1) is 6.61 Å². The number of hydrogen-bond donors (Lipinski definition) is 1. The number of sulfonamides is 1. The van der Waals surface area contributed by atoms with Crippen LogP contribution in [0.4, 0.5) is 5.69 Å². The molecule has 0 bridgehead atoms. The summed E-state index contributed by atoms with van der Waals surface area (Å²) in [6.45, 7) is 10.0. The van der Waals surface area contributed by atoms with Crippen molar-refractivity contribution in [3.63, 3.8) is 0 Å². The minimum absolute atomic E-state index is 0.0737. The van der Waals surface area contributed by atoms with E-state index in [1.807, 2.05) is 0 Å². The number of hydrogen-bond acceptors (Lipinski definition) is 4. The molecule has 0 aromatic heterocycles. The lowest BCUT2D eigenvalue weighted by Crippen LogP contribution is -2.31. The van der Waals surface area contributed by atoms with Crippen LogP contribution in [0.5, 0.6) is 5.75 Å². The molecule has 130 valence electrons.